The highest BCUT2D eigenvalue weighted by molar-refractivity contribution is 9.09. The second-order valence-electron chi connectivity index (χ2n) is 3.69. The molecule has 0 N–H and O–H groups in total. The van der Waals surface area contributed by atoms with Gasteiger partial charge in [-0.2, -0.15) is 0 Å². The highest BCUT2D eigenvalue weighted by Gasteiger charge is 2.29. The number of hydrogen-bond acceptors (Lipinski definition) is 0. The van der Waals surface area contributed by atoms with Crippen molar-refractivity contribution < 1.29 is 0 Å². The maximum Gasteiger partial charge on any atom is 0.0176 e. The Morgan fingerprint density at radius 3 is 2.27 bits per heavy atom. The third-order valence-electron chi connectivity index (χ3n) is 3.14. The Labute approximate surface area is 78.9 Å². The minimum atomic E-state index is 0.826. The quantitative estimate of drug-likeness (QED) is 0.629. The molecule has 1 fully saturated rings. The predicted molar refractivity (Wildman–Crippen MR) is 54.1 cm³/mol. The SMILES string of the molecule is CCC(CC)C1CCCC1Br. The summed E-state index contributed by atoms with van der Waals surface area (Å²) in [5.41, 5.74) is 0. The van der Waals surface area contributed by atoms with Crippen molar-refractivity contribution in [1.29, 1.82) is 0 Å². The van der Waals surface area contributed by atoms with E-state index in [0.717, 1.165) is 16.7 Å². The van der Waals surface area contributed by atoms with Crippen LogP contribution in [0.4, 0.5) is 0 Å². The van der Waals surface area contributed by atoms with Crippen LogP contribution in [0.1, 0.15) is 46.0 Å². The van der Waals surface area contributed by atoms with E-state index in [2.05, 4.69) is 29.8 Å². The van der Waals surface area contributed by atoms with Crippen molar-refractivity contribution in [3.63, 3.8) is 0 Å². The van der Waals surface area contributed by atoms with E-state index in [-0.39, 0.29) is 0 Å². The van der Waals surface area contributed by atoms with Crippen molar-refractivity contribution in [2.75, 3.05) is 0 Å². The lowest BCUT2D eigenvalue weighted by molar-refractivity contribution is 0.328. The summed E-state index contributed by atoms with van der Waals surface area (Å²) in [4.78, 5) is 0.826. The van der Waals surface area contributed by atoms with E-state index in [1.54, 1.807) is 0 Å². The standard InChI is InChI=1S/C10H19Br/c1-3-8(4-2)9-6-5-7-10(9)11/h8-10H,3-7H2,1-2H3. The number of rotatable bonds is 3. The topological polar surface area (TPSA) is 0 Å². The van der Waals surface area contributed by atoms with Crippen molar-refractivity contribution in [3.8, 4) is 0 Å². The Hall–Kier alpha value is 0.480. The van der Waals surface area contributed by atoms with Crippen molar-refractivity contribution >= 4 is 15.9 Å². The highest BCUT2D eigenvalue weighted by atomic mass is 79.9. The van der Waals surface area contributed by atoms with Crippen LogP contribution in [0, 0.1) is 11.8 Å². The largest absolute Gasteiger partial charge is 0.0888 e. The average Bonchev–Trinajstić information content (AvgIpc) is 2.40. The minimum Gasteiger partial charge on any atom is -0.0888 e. The fourth-order valence-electron chi connectivity index (χ4n) is 2.37. The van der Waals surface area contributed by atoms with E-state index in [1.807, 2.05) is 0 Å². The van der Waals surface area contributed by atoms with Crippen molar-refractivity contribution in [3.05, 3.63) is 0 Å². The lowest BCUT2D eigenvalue weighted by atomic mass is 9.87. The molecule has 1 saturated carbocycles. The second-order valence-corrected chi connectivity index (χ2v) is 4.86. The molecule has 1 aliphatic carbocycles. The smallest absolute Gasteiger partial charge is 0.0176 e. The van der Waals surface area contributed by atoms with Gasteiger partial charge in [0.25, 0.3) is 0 Å². The van der Waals surface area contributed by atoms with Crippen LogP contribution >= 0.6 is 15.9 Å². The monoisotopic (exact) mass is 218 g/mol. The molecule has 1 aliphatic rings. The maximum atomic E-state index is 3.79. The van der Waals surface area contributed by atoms with Crippen molar-refractivity contribution in [2.24, 2.45) is 11.8 Å². The Kier molecular flexibility index (Phi) is 3.91. The van der Waals surface area contributed by atoms with Gasteiger partial charge in [-0.3, -0.25) is 0 Å². The van der Waals surface area contributed by atoms with Gasteiger partial charge in [0, 0.05) is 4.83 Å². The Morgan fingerprint density at radius 1 is 1.27 bits per heavy atom. The molecule has 2 atom stereocenters. The van der Waals surface area contributed by atoms with E-state index in [1.165, 1.54) is 32.1 Å². The Morgan fingerprint density at radius 2 is 1.91 bits per heavy atom. The van der Waals surface area contributed by atoms with E-state index in [9.17, 15) is 0 Å². The van der Waals surface area contributed by atoms with Gasteiger partial charge in [0.2, 0.25) is 0 Å². The van der Waals surface area contributed by atoms with Crippen LogP contribution in [0.25, 0.3) is 0 Å². The average molecular weight is 219 g/mol. The van der Waals surface area contributed by atoms with Gasteiger partial charge in [-0.15, -0.1) is 0 Å². The van der Waals surface area contributed by atoms with Gasteiger partial charge in [-0.25, -0.2) is 0 Å². The van der Waals surface area contributed by atoms with Crippen molar-refractivity contribution in [1.82, 2.24) is 0 Å². The van der Waals surface area contributed by atoms with Gasteiger partial charge in [-0.05, 0) is 24.7 Å². The molecule has 1 rings (SSSR count). The molecule has 0 aromatic heterocycles. The fraction of sp³-hybridized carbons (Fsp3) is 1.00. The molecule has 0 spiro atoms. The third-order valence-corrected chi connectivity index (χ3v) is 4.27. The summed E-state index contributed by atoms with van der Waals surface area (Å²) < 4.78 is 0. The molecule has 1 heteroatoms. The molecule has 0 heterocycles. The first kappa shape index (κ1) is 9.57. The van der Waals surface area contributed by atoms with Crippen LogP contribution in [0.5, 0.6) is 0 Å². The number of alkyl halides is 1. The molecule has 0 nitrogen and oxygen atoms in total. The summed E-state index contributed by atoms with van der Waals surface area (Å²) in [6, 6.07) is 0. The van der Waals surface area contributed by atoms with Crippen LogP contribution in [-0.4, -0.2) is 4.83 Å². The lowest BCUT2D eigenvalue weighted by Crippen LogP contribution is -2.17. The van der Waals surface area contributed by atoms with Crippen LogP contribution in [-0.2, 0) is 0 Å². The first-order valence-electron chi connectivity index (χ1n) is 4.93. The molecule has 0 bridgehead atoms. The first-order valence-corrected chi connectivity index (χ1v) is 5.85. The van der Waals surface area contributed by atoms with E-state index >= 15 is 0 Å². The fourth-order valence-corrected chi connectivity index (χ4v) is 3.39. The minimum absolute atomic E-state index is 0.826. The van der Waals surface area contributed by atoms with Gasteiger partial charge in [0.15, 0.2) is 0 Å². The normalized spacial score (nSPS) is 31.6. The Bertz CT molecular complexity index is 107. The summed E-state index contributed by atoms with van der Waals surface area (Å²) >= 11 is 3.79. The number of halogens is 1. The van der Waals surface area contributed by atoms with Gasteiger partial charge in [-0.1, -0.05) is 49.0 Å². The summed E-state index contributed by atoms with van der Waals surface area (Å²) in [6.45, 7) is 4.65. The Balaban J connectivity index is 2.43. The summed E-state index contributed by atoms with van der Waals surface area (Å²) in [5, 5.41) is 0. The van der Waals surface area contributed by atoms with E-state index < -0.39 is 0 Å². The zero-order chi connectivity index (χ0) is 8.27. The van der Waals surface area contributed by atoms with Crippen LogP contribution in [0.15, 0.2) is 0 Å². The third kappa shape index (κ3) is 2.21. The van der Waals surface area contributed by atoms with Gasteiger partial charge in [0.1, 0.15) is 0 Å². The zero-order valence-electron chi connectivity index (χ0n) is 7.65. The molecule has 2 unspecified atom stereocenters. The van der Waals surface area contributed by atoms with Crippen molar-refractivity contribution in [2.45, 2.75) is 50.8 Å². The molecule has 0 aromatic rings. The van der Waals surface area contributed by atoms with Crippen LogP contribution in [0.2, 0.25) is 0 Å². The summed E-state index contributed by atoms with van der Waals surface area (Å²) in [6.07, 6.45) is 7.03. The lowest BCUT2D eigenvalue weighted by Gasteiger charge is -2.23. The zero-order valence-corrected chi connectivity index (χ0v) is 9.23. The van der Waals surface area contributed by atoms with Crippen LogP contribution < -0.4 is 0 Å². The van der Waals surface area contributed by atoms with E-state index in [0.29, 0.717) is 0 Å². The predicted octanol–water partition coefficient (Wildman–Crippen LogP) is 3.99. The molecule has 11 heavy (non-hydrogen) atoms. The molecular formula is C10H19Br. The maximum absolute atomic E-state index is 3.79. The molecule has 0 saturated heterocycles. The summed E-state index contributed by atoms with van der Waals surface area (Å²) in [7, 11) is 0. The molecular weight excluding hydrogens is 200 g/mol. The van der Waals surface area contributed by atoms with Gasteiger partial charge >= 0.3 is 0 Å². The second kappa shape index (κ2) is 4.49. The molecule has 0 radical (unpaired) electrons. The van der Waals surface area contributed by atoms with E-state index in [4.69, 9.17) is 0 Å². The highest BCUT2D eigenvalue weighted by Crippen LogP contribution is 2.39. The summed E-state index contributed by atoms with van der Waals surface area (Å²) in [5.74, 6) is 1.95. The molecule has 66 valence electrons. The van der Waals surface area contributed by atoms with Gasteiger partial charge in [0.05, 0.1) is 0 Å². The number of hydrogen-bond donors (Lipinski definition) is 0. The molecule has 0 amide bonds. The molecule has 0 aliphatic heterocycles. The van der Waals surface area contributed by atoms with Crippen LogP contribution in [0.3, 0.4) is 0 Å². The van der Waals surface area contributed by atoms with Gasteiger partial charge < -0.3 is 0 Å². The first-order chi connectivity index (χ1) is 5.29. The molecule has 0 aromatic carbocycles.